The van der Waals surface area contributed by atoms with Crippen molar-refractivity contribution >= 4 is 11.7 Å². The van der Waals surface area contributed by atoms with Gasteiger partial charge in [-0.2, -0.15) is 0 Å². The Balaban J connectivity index is 2.38. The maximum atomic E-state index is 8.94. The molecule has 1 unspecified atom stereocenters. The van der Waals surface area contributed by atoms with Crippen molar-refractivity contribution in [3.63, 3.8) is 0 Å². The Kier molecular flexibility index (Phi) is 4.79. The summed E-state index contributed by atoms with van der Waals surface area (Å²) in [5.74, 6) is 0.922. The molecule has 1 fully saturated rings. The first kappa shape index (κ1) is 14.6. The molecular weight excluding hydrogens is 254 g/mol. The quantitative estimate of drug-likeness (QED) is 0.374. The molecule has 0 spiro atoms. The number of hydrogen-bond acceptors (Lipinski definition) is 5. The maximum absolute atomic E-state index is 8.94. The Hall–Kier alpha value is -1.82. The van der Waals surface area contributed by atoms with Gasteiger partial charge >= 0.3 is 0 Å². The van der Waals surface area contributed by atoms with Crippen LogP contribution in [0, 0.1) is 0 Å². The molecule has 1 saturated heterocycles. The number of rotatable bonds is 3. The molecule has 0 aromatic carbocycles. The van der Waals surface area contributed by atoms with Gasteiger partial charge in [0.1, 0.15) is 5.82 Å². The van der Waals surface area contributed by atoms with Gasteiger partial charge in [0.15, 0.2) is 5.84 Å². The van der Waals surface area contributed by atoms with Crippen LogP contribution in [0.25, 0.3) is 0 Å². The lowest BCUT2D eigenvalue weighted by atomic mass is 10.1. The van der Waals surface area contributed by atoms with Crippen molar-refractivity contribution in [3.05, 3.63) is 23.9 Å². The van der Waals surface area contributed by atoms with Gasteiger partial charge in [-0.1, -0.05) is 12.1 Å². The van der Waals surface area contributed by atoms with Crippen LogP contribution in [-0.4, -0.2) is 53.7 Å². The molecule has 0 radical (unpaired) electrons. The molecule has 1 aromatic rings. The molecular formula is C14H23N5O. The average molecular weight is 277 g/mol. The molecule has 0 aliphatic carbocycles. The van der Waals surface area contributed by atoms with Crippen molar-refractivity contribution in [2.75, 3.05) is 31.6 Å². The lowest BCUT2D eigenvalue weighted by Gasteiger charge is -2.32. The molecule has 20 heavy (non-hydrogen) atoms. The summed E-state index contributed by atoms with van der Waals surface area (Å²) >= 11 is 0. The summed E-state index contributed by atoms with van der Waals surface area (Å²) in [7, 11) is 2.15. The first-order valence-electron chi connectivity index (χ1n) is 7.05. The third-order valence-corrected chi connectivity index (χ3v) is 3.82. The molecule has 1 atom stereocenters. The minimum Gasteiger partial charge on any atom is -0.409 e. The van der Waals surface area contributed by atoms with Crippen LogP contribution in [0.1, 0.15) is 25.3 Å². The minimum absolute atomic E-state index is 0.112. The second kappa shape index (κ2) is 6.56. The second-order valence-corrected chi connectivity index (χ2v) is 5.23. The normalized spacial score (nSPS) is 21.8. The number of aromatic nitrogens is 1. The molecule has 0 saturated carbocycles. The van der Waals surface area contributed by atoms with Gasteiger partial charge in [-0.3, -0.25) is 0 Å². The second-order valence-electron chi connectivity index (χ2n) is 5.23. The minimum atomic E-state index is 0.112. The molecule has 3 N–H and O–H groups in total. The van der Waals surface area contributed by atoms with Crippen LogP contribution in [0.2, 0.25) is 0 Å². The van der Waals surface area contributed by atoms with E-state index < -0.39 is 0 Å². The number of nitrogens with two attached hydrogens (primary N) is 1. The number of nitrogens with zero attached hydrogens (tertiary/aromatic N) is 4. The number of likely N-dealkylation sites (N-methyl/N-ethyl adjacent to an activating group) is 1. The molecule has 0 bridgehead atoms. The van der Waals surface area contributed by atoms with Crippen molar-refractivity contribution in [2.24, 2.45) is 10.9 Å². The highest BCUT2D eigenvalue weighted by Gasteiger charge is 2.25. The van der Waals surface area contributed by atoms with E-state index in [0.29, 0.717) is 11.6 Å². The standard InChI is InChI=1S/C14H23N5O/c1-3-11-10-18(2)8-5-9-19(11)14-12(13(15)17-20)6-4-7-16-14/h4,6-7,11,20H,3,5,8-10H2,1-2H3,(H2,15,17). The number of amidine groups is 1. The van der Waals surface area contributed by atoms with Gasteiger partial charge in [0.25, 0.3) is 0 Å². The van der Waals surface area contributed by atoms with E-state index >= 15 is 0 Å². The molecule has 6 heteroatoms. The van der Waals surface area contributed by atoms with Crippen LogP contribution in [-0.2, 0) is 0 Å². The molecule has 1 aromatic heterocycles. The highest BCUT2D eigenvalue weighted by Crippen LogP contribution is 2.23. The zero-order valence-electron chi connectivity index (χ0n) is 12.2. The van der Waals surface area contributed by atoms with Crippen molar-refractivity contribution in [3.8, 4) is 0 Å². The molecule has 110 valence electrons. The van der Waals surface area contributed by atoms with E-state index in [1.54, 1.807) is 6.20 Å². The first-order chi connectivity index (χ1) is 9.67. The fourth-order valence-electron chi connectivity index (χ4n) is 2.75. The van der Waals surface area contributed by atoms with Crippen molar-refractivity contribution in [1.82, 2.24) is 9.88 Å². The zero-order chi connectivity index (χ0) is 14.5. The number of anilines is 1. The van der Waals surface area contributed by atoms with Crippen LogP contribution < -0.4 is 10.6 Å². The van der Waals surface area contributed by atoms with Gasteiger partial charge in [-0.15, -0.1) is 0 Å². The van der Waals surface area contributed by atoms with Crippen LogP contribution in [0.3, 0.4) is 0 Å². The summed E-state index contributed by atoms with van der Waals surface area (Å²) in [6, 6.07) is 4.04. The van der Waals surface area contributed by atoms with Gasteiger partial charge < -0.3 is 20.7 Å². The largest absolute Gasteiger partial charge is 0.409 e. The number of oxime groups is 1. The van der Waals surface area contributed by atoms with E-state index in [0.717, 1.165) is 38.3 Å². The van der Waals surface area contributed by atoms with Crippen LogP contribution >= 0.6 is 0 Å². The number of pyridine rings is 1. The lowest BCUT2D eigenvalue weighted by Crippen LogP contribution is -2.41. The van der Waals surface area contributed by atoms with E-state index in [4.69, 9.17) is 10.9 Å². The number of hydrogen-bond donors (Lipinski definition) is 2. The Morgan fingerprint density at radius 2 is 2.35 bits per heavy atom. The Morgan fingerprint density at radius 3 is 3.05 bits per heavy atom. The predicted molar refractivity (Wildman–Crippen MR) is 80.3 cm³/mol. The summed E-state index contributed by atoms with van der Waals surface area (Å²) in [5, 5.41) is 12.1. The summed E-state index contributed by atoms with van der Waals surface area (Å²) in [5.41, 5.74) is 6.47. The first-order valence-corrected chi connectivity index (χ1v) is 7.05. The van der Waals surface area contributed by atoms with E-state index in [1.165, 1.54) is 0 Å². The van der Waals surface area contributed by atoms with E-state index in [2.05, 4.69) is 33.9 Å². The van der Waals surface area contributed by atoms with Crippen molar-refractivity contribution < 1.29 is 5.21 Å². The lowest BCUT2D eigenvalue weighted by molar-refractivity contribution is 0.318. The molecule has 0 amide bonds. The fraction of sp³-hybridized carbons (Fsp3) is 0.571. The predicted octanol–water partition coefficient (Wildman–Crippen LogP) is 1.10. The Morgan fingerprint density at radius 1 is 1.55 bits per heavy atom. The monoisotopic (exact) mass is 277 g/mol. The van der Waals surface area contributed by atoms with Gasteiger partial charge in [0.2, 0.25) is 0 Å². The Bertz CT molecular complexity index is 476. The molecule has 2 heterocycles. The topological polar surface area (TPSA) is 78.0 Å². The Labute approximate surface area is 119 Å². The molecule has 2 rings (SSSR count). The van der Waals surface area contributed by atoms with Gasteiger partial charge in [-0.25, -0.2) is 4.98 Å². The van der Waals surface area contributed by atoms with Crippen molar-refractivity contribution in [1.29, 1.82) is 0 Å². The van der Waals surface area contributed by atoms with Gasteiger partial charge in [0.05, 0.1) is 5.56 Å². The average Bonchev–Trinajstić information content (AvgIpc) is 2.67. The summed E-state index contributed by atoms with van der Waals surface area (Å²) < 4.78 is 0. The highest BCUT2D eigenvalue weighted by atomic mass is 16.4. The van der Waals surface area contributed by atoms with E-state index in [9.17, 15) is 0 Å². The SMILES string of the molecule is CCC1CN(C)CCCN1c1ncccc1/C(N)=N/O. The molecule has 1 aliphatic heterocycles. The van der Waals surface area contributed by atoms with Crippen LogP contribution in [0.4, 0.5) is 5.82 Å². The highest BCUT2D eigenvalue weighted by molar-refractivity contribution is 6.01. The van der Waals surface area contributed by atoms with Gasteiger partial charge in [0, 0.05) is 25.3 Å². The van der Waals surface area contributed by atoms with E-state index in [1.807, 2.05) is 12.1 Å². The molecule has 6 nitrogen and oxygen atoms in total. The summed E-state index contributed by atoms with van der Waals surface area (Å²) in [4.78, 5) is 9.11. The van der Waals surface area contributed by atoms with Crippen LogP contribution in [0.5, 0.6) is 0 Å². The summed E-state index contributed by atoms with van der Waals surface area (Å²) in [6.07, 6.45) is 3.88. The molecule has 1 aliphatic rings. The maximum Gasteiger partial charge on any atom is 0.173 e. The summed E-state index contributed by atoms with van der Waals surface area (Å²) in [6.45, 7) is 5.20. The van der Waals surface area contributed by atoms with Crippen molar-refractivity contribution in [2.45, 2.75) is 25.8 Å². The third-order valence-electron chi connectivity index (χ3n) is 3.82. The third kappa shape index (κ3) is 3.01. The van der Waals surface area contributed by atoms with E-state index in [-0.39, 0.29) is 5.84 Å². The van der Waals surface area contributed by atoms with Gasteiger partial charge in [-0.05, 0) is 38.6 Å². The smallest absolute Gasteiger partial charge is 0.173 e. The van der Waals surface area contributed by atoms with Crippen LogP contribution in [0.15, 0.2) is 23.5 Å². The zero-order valence-corrected chi connectivity index (χ0v) is 12.2. The fourth-order valence-corrected chi connectivity index (χ4v) is 2.75.